The Morgan fingerprint density at radius 1 is 0.962 bits per heavy atom. The Morgan fingerprint density at radius 3 is 1.88 bits per heavy atom. The maximum absolute atomic E-state index is 12.1. The number of rotatable bonds is 17. The third kappa shape index (κ3) is 9.91. The van der Waals surface area contributed by atoms with Crippen LogP contribution in [0.3, 0.4) is 0 Å². The summed E-state index contributed by atoms with van der Waals surface area (Å²) in [5, 5.41) is 11.6. The molecular weight excluding hydrogens is 326 g/mol. The average molecular weight is 370 g/mol. The van der Waals surface area contributed by atoms with Crippen LogP contribution in [-0.2, 0) is 9.53 Å². The fourth-order valence-electron chi connectivity index (χ4n) is 3.72. The van der Waals surface area contributed by atoms with Gasteiger partial charge in [0.1, 0.15) is 5.60 Å². The van der Waals surface area contributed by atoms with E-state index >= 15 is 0 Å². The van der Waals surface area contributed by atoms with E-state index in [4.69, 9.17) is 9.84 Å². The van der Waals surface area contributed by atoms with Crippen molar-refractivity contribution in [1.82, 2.24) is 5.32 Å². The minimum atomic E-state index is -0.593. The van der Waals surface area contributed by atoms with Crippen LogP contribution in [0, 0.1) is 5.92 Å². The van der Waals surface area contributed by atoms with Crippen molar-refractivity contribution in [2.45, 2.75) is 109 Å². The average Bonchev–Trinajstić information content (AvgIpc) is 2.58. The molecule has 0 bridgehead atoms. The fraction of sp³-hybridized carbons (Fsp3) is 0.955. The molecule has 26 heavy (non-hydrogen) atoms. The highest BCUT2D eigenvalue weighted by Gasteiger charge is 2.44. The summed E-state index contributed by atoms with van der Waals surface area (Å²) < 4.78 is 5.60. The summed E-state index contributed by atoms with van der Waals surface area (Å²) in [5.41, 5.74) is -0.593. The molecule has 0 spiro atoms. The van der Waals surface area contributed by atoms with Crippen molar-refractivity contribution in [2.75, 3.05) is 19.8 Å². The molecule has 0 aliphatic carbocycles. The lowest BCUT2D eigenvalue weighted by atomic mass is 9.87. The van der Waals surface area contributed by atoms with E-state index in [-0.39, 0.29) is 12.5 Å². The Bertz CT molecular complexity index is 353. The van der Waals surface area contributed by atoms with Crippen molar-refractivity contribution in [2.24, 2.45) is 5.92 Å². The van der Waals surface area contributed by atoms with Gasteiger partial charge in [-0.25, -0.2) is 0 Å². The van der Waals surface area contributed by atoms with Gasteiger partial charge in [0, 0.05) is 13.0 Å². The number of carbonyl (C=O) groups is 1. The fourth-order valence-corrected chi connectivity index (χ4v) is 3.72. The van der Waals surface area contributed by atoms with Gasteiger partial charge in [0.15, 0.2) is 0 Å². The lowest BCUT2D eigenvalue weighted by molar-refractivity contribution is -0.179. The minimum absolute atomic E-state index is 0.0141. The first-order chi connectivity index (χ1) is 12.6. The van der Waals surface area contributed by atoms with E-state index in [0.717, 1.165) is 25.2 Å². The molecular formula is C22H43NO3. The van der Waals surface area contributed by atoms with Crippen molar-refractivity contribution in [3.05, 3.63) is 0 Å². The first-order valence-corrected chi connectivity index (χ1v) is 11.1. The van der Waals surface area contributed by atoms with Crippen LogP contribution in [0.2, 0.25) is 0 Å². The Hall–Kier alpha value is -0.610. The van der Waals surface area contributed by atoms with Gasteiger partial charge >= 0.3 is 0 Å². The number of carbonyl (C=O) groups excluding carboxylic acids is 1. The summed E-state index contributed by atoms with van der Waals surface area (Å²) in [6.45, 7) is 5.61. The molecule has 1 rings (SSSR count). The molecule has 2 N–H and O–H groups in total. The number of unbranched alkanes of at least 4 members (excludes halogenated alkanes) is 10. The third-order valence-electron chi connectivity index (χ3n) is 5.56. The van der Waals surface area contributed by atoms with Gasteiger partial charge in [-0.15, -0.1) is 0 Å². The van der Waals surface area contributed by atoms with E-state index in [1.165, 1.54) is 70.6 Å². The number of aliphatic hydroxyl groups excluding tert-OH is 1. The van der Waals surface area contributed by atoms with Crippen LogP contribution in [0.4, 0.5) is 0 Å². The normalized spacial score (nSPS) is 19.5. The largest absolute Gasteiger partial charge is 0.395 e. The van der Waals surface area contributed by atoms with Crippen molar-refractivity contribution in [3.8, 4) is 0 Å². The van der Waals surface area contributed by atoms with E-state index in [9.17, 15) is 4.79 Å². The van der Waals surface area contributed by atoms with Crippen molar-refractivity contribution < 1.29 is 14.6 Å². The third-order valence-corrected chi connectivity index (χ3v) is 5.56. The molecule has 1 fully saturated rings. The molecule has 0 aromatic carbocycles. The zero-order valence-corrected chi connectivity index (χ0v) is 17.4. The van der Waals surface area contributed by atoms with Crippen LogP contribution < -0.4 is 5.32 Å². The zero-order valence-electron chi connectivity index (χ0n) is 17.4. The Balaban J connectivity index is 1.89. The monoisotopic (exact) mass is 369 g/mol. The van der Waals surface area contributed by atoms with Crippen LogP contribution in [0.25, 0.3) is 0 Å². The lowest BCUT2D eigenvalue weighted by Gasteiger charge is -2.40. The summed E-state index contributed by atoms with van der Waals surface area (Å²) in [4.78, 5) is 12.1. The van der Waals surface area contributed by atoms with E-state index < -0.39 is 5.60 Å². The summed E-state index contributed by atoms with van der Waals surface area (Å²) >= 11 is 0. The maximum atomic E-state index is 12.1. The topological polar surface area (TPSA) is 58.6 Å². The molecule has 154 valence electrons. The molecule has 1 aliphatic rings. The van der Waals surface area contributed by atoms with Crippen molar-refractivity contribution in [3.63, 3.8) is 0 Å². The quantitative estimate of drug-likeness (QED) is 0.355. The number of hydrogen-bond acceptors (Lipinski definition) is 3. The minimum Gasteiger partial charge on any atom is -0.395 e. The second-order valence-corrected chi connectivity index (χ2v) is 8.39. The first kappa shape index (κ1) is 23.4. The summed E-state index contributed by atoms with van der Waals surface area (Å²) in [6.07, 6.45) is 17.6. The molecule has 1 heterocycles. The standard InChI is InChI=1S/C22H43NO3/c1-20(2)14-12-10-8-6-4-3-5-7-9-11-13-15-22(16-19-26-22)21(25)23-17-18-24/h20,24H,3-19H2,1-2H3,(H,23,25). The second kappa shape index (κ2) is 14.4. The van der Waals surface area contributed by atoms with Crippen molar-refractivity contribution in [1.29, 1.82) is 0 Å². The van der Waals surface area contributed by atoms with Crippen LogP contribution in [0.5, 0.6) is 0 Å². The smallest absolute Gasteiger partial charge is 0.252 e. The van der Waals surface area contributed by atoms with E-state index in [1.807, 2.05) is 0 Å². The SMILES string of the molecule is CC(C)CCCCCCCCCCCCCC1(C(=O)NCCO)CCO1. The molecule has 1 saturated heterocycles. The molecule has 0 aromatic rings. The number of ether oxygens (including phenoxy) is 1. The van der Waals surface area contributed by atoms with Crippen molar-refractivity contribution >= 4 is 5.91 Å². The van der Waals surface area contributed by atoms with Crippen LogP contribution in [0.15, 0.2) is 0 Å². The van der Waals surface area contributed by atoms with Crippen LogP contribution in [-0.4, -0.2) is 36.4 Å². The van der Waals surface area contributed by atoms with Gasteiger partial charge in [0.05, 0.1) is 13.2 Å². The number of amides is 1. The first-order valence-electron chi connectivity index (χ1n) is 11.1. The highest BCUT2D eigenvalue weighted by molar-refractivity contribution is 5.85. The number of aliphatic hydroxyl groups is 1. The Kier molecular flexibility index (Phi) is 13.0. The summed E-state index contributed by atoms with van der Waals surface area (Å²) in [5.74, 6) is 0.821. The highest BCUT2D eigenvalue weighted by atomic mass is 16.5. The highest BCUT2D eigenvalue weighted by Crippen LogP contribution is 2.32. The van der Waals surface area contributed by atoms with Gasteiger partial charge in [0.25, 0.3) is 5.91 Å². The lowest BCUT2D eigenvalue weighted by Crippen LogP contribution is -2.56. The maximum Gasteiger partial charge on any atom is 0.252 e. The molecule has 1 amide bonds. The van der Waals surface area contributed by atoms with E-state index in [1.54, 1.807) is 0 Å². The molecule has 1 atom stereocenters. The number of hydrogen-bond donors (Lipinski definition) is 2. The van der Waals surface area contributed by atoms with Gasteiger partial charge in [-0.3, -0.25) is 4.79 Å². The predicted octanol–water partition coefficient (Wildman–Crippen LogP) is 4.98. The molecule has 1 aliphatic heterocycles. The molecule has 4 heteroatoms. The van der Waals surface area contributed by atoms with E-state index in [2.05, 4.69) is 19.2 Å². The van der Waals surface area contributed by atoms with Gasteiger partial charge in [-0.2, -0.15) is 0 Å². The summed E-state index contributed by atoms with van der Waals surface area (Å²) in [6, 6.07) is 0. The second-order valence-electron chi connectivity index (χ2n) is 8.39. The van der Waals surface area contributed by atoms with Crippen LogP contribution >= 0.6 is 0 Å². The molecule has 0 saturated carbocycles. The van der Waals surface area contributed by atoms with Gasteiger partial charge in [-0.05, 0) is 12.3 Å². The van der Waals surface area contributed by atoms with Gasteiger partial charge in [-0.1, -0.05) is 90.9 Å². The Morgan fingerprint density at radius 2 is 1.46 bits per heavy atom. The predicted molar refractivity (Wildman–Crippen MR) is 108 cm³/mol. The van der Waals surface area contributed by atoms with Crippen LogP contribution in [0.1, 0.15) is 104 Å². The zero-order chi connectivity index (χ0) is 19.1. The van der Waals surface area contributed by atoms with Gasteiger partial charge in [0.2, 0.25) is 0 Å². The molecule has 4 nitrogen and oxygen atoms in total. The molecule has 0 radical (unpaired) electrons. The number of nitrogens with one attached hydrogen (secondary N) is 1. The molecule has 1 unspecified atom stereocenters. The summed E-state index contributed by atoms with van der Waals surface area (Å²) in [7, 11) is 0. The van der Waals surface area contributed by atoms with Gasteiger partial charge < -0.3 is 15.2 Å². The molecule has 0 aromatic heterocycles. The van der Waals surface area contributed by atoms with E-state index in [0.29, 0.717) is 13.2 Å². The Labute approximate surface area is 161 Å².